The van der Waals surface area contributed by atoms with Crippen molar-refractivity contribution in [2.45, 2.75) is 31.0 Å². The smallest absolute Gasteiger partial charge is 0.284 e. The second kappa shape index (κ2) is 10.6. The van der Waals surface area contributed by atoms with Crippen LogP contribution in [-0.2, 0) is 21.2 Å². The third-order valence-corrected chi connectivity index (χ3v) is 7.13. The molecule has 35 heavy (non-hydrogen) atoms. The lowest BCUT2D eigenvalue weighted by molar-refractivity contribution is -0.115. The Bertz CT molecular complexity index is 1470. The van der Waals surface area contributed by atoms with E-state index in [2.05, 4.69) is 45.8 Å². The maximum atomic E-state index is 13.1. The van der Waals surface area contributed by atoms with Crippen molar-refractivity contribution in [3.05, 3.63) is 64.8 Å². The Morgan fingerprint density at radius 3 is 2.54 bits per heavy atom. The van der Waals surface area contributed by atoms with Crippen LogP contribution >= 0.6 is 11.6 Å². The Hall–Kier alpha value is -3.19. The lowest BCUT2D eigenvalue weighted by atomic mass is 10.1. The third-order valence-electron chi connectivity index (χ3n) is 4.62. The molecular formula is C25H27ClN4O3SSi. The van der Waals surface area contributed by atoms with Gasteiger partial charge in [0.2, 0.25) is 5.91 Å². The molecule has 2 aromatic carbocycles. The van der Waals surface area contributed by atoms with Crippen molar-refractivity contribution in [2.24, 2.45) is 4.40 Å². The van der Waals surface area contributed by atoms with Gasteiger partial charge in [-0.1, -0.05) is 55.4 Å². The van der Waals surface area contributed by atoms with Gasteiger partial charge in [0.05, 0.1) is 11.9 Å². The van der Waals surface area contributed by atoms with Crippen LogP contribution in [0.4, 0.5) is 5.69 Å². The van der Waals surface area contributed by atoms with Crippen molar-refractivity contribution in [1.82, 2.24) is 9.88 Å². The number of pyridine rings is 1. The van der Waals surface area contributed by atoms with Gasteiger partial charge in [-0.2, -0.15) is 8.42 Å². The van der Waals surface area contributed by atoms with E-state index in [1.54, 1.807) is 56.6 Å². The largest absolute Gasteiger partial charge is 0.368 e. The monoisotopic (exact) mass is 526 g/mol. The van der Waals surface area contributed by atoms with Crippen LogP contribution in [-0.4, -0.2) is 52.7 Å². The number of nitrogens with one attached hydrogen (secondary N) is 1. The van der Waals surface area contributed by atoms with E-state index >= 15 is 0 Å². The summed E-state index contributed by atoms with van der Waals surface area (Å²) in [6.07, 6.45) is 1.25. The van der Waals surface area contributed by atoms with Crippen molar-refractivity contribution in [3.8, 4) is 11.5 Å². The van der Waals surface area contributed by atoms with E-state index < -0.39 is 18.1 Å². The maximum absolute atomic E-state index is 13.1. The molecule has 0 fully saturated rings. The fourth-order valence-electron chi connectivity index (χ4n) is 3.04. The predicted octanol–water partition coefficient (Wildman–Crippen LogP) is 4.58. The molecule has 1 N–H and O–H groups in total. The van der Waals surface area contributed by atoms with Gasteiger partial charge in [-0.3, -0.25) is 4.79 Å². The van der Waals surface area contributed by atoms with Gasteiger partial charge in [-0.15, -0.1) is 9.94 Å². The number of carbonyl (C=O) groups excluding carboxylic acids is 1. The zero-order chi connectivity index (χ0) is 25.8. The molecule has 0 aliphatic carbocycles. The van der Waals surface area contributed by atoms with Crippen molar-refractivity contribution < 1.29 is 13.2 Å². The summed E-state index contributed by atoms with van der Waals surface area (Å²) in [5.74, 6) is 2.75. The number of hydrogen-bond donors (Lipinski definition) is 1. The number of anilines is 1. The molecule has 10 heteroatoms. The van der Waals surface area contributed by atoms with Crippen molar-refractivity contribution in [3.63, 3.8) is 0 Å². The van der Waals surface area contributed by atoms with Crippen LogP contribution in [0.1, 0.15) is 11.3 Å². The summed E-state index contributed by atoms with van der Waals surface area (Å²) in [4.78, 5) is 18.8. The third kappa shape index (κ3) is 7.39. The standard InChI is InChI=1S/C25H27ClN4O3SSi/c1-30(2)17-27-34(32,33)24-16-20(29-25(31)14-18-8-6-7-9-22(18)26)15-23-21(24)11-10-19(28-23)12-13-35(3,4)5/h6-11,15-17H,14H2,1-5H3,(H,29,31). The van der Waals surface area contributed by atoms with Gasteiger partial charge in [0.15, 0.2) is 0 Å². The Balaban J connectivity index is 2.08. The molecule has 182 valence electrons. The average molecular weight is 527 g/mol. The van der Waals surface area contributed by atoms with E-state index in [1.807, 2.05) is 0 Å². The minimum Gasteiger partial charge on any atom is -0.368 e. The Morgan fingerprint density at radius 2 is 1.89 bits per heavy atom. The zero-order valence-electron chi connectivity index (χ0n) is 20.3. The molecule has 1 amide bonds. The molecule has 7 nitrogen and oxygen atoms in total. The fourth-order valence-corrected chi connectivity index (χ4v) is 4.90. The minimum absolute atomic E-state index is 0.0354. The van der Waals surface area contributed by atoms with Crippen LogP contribution in [0.5, 0.6) is 0 Å². The van der Waals surface area contributed by atoms with Crippen LogP contribution in [0.25, 0.3) is 10.9 Å². The van der Waals surface area contributed by atoms with Gasteiger partial charge in [0, 0.05) is 30.2 Å². The van der Waals surface area contributed by atoms with E-state index in [-0.39, 0.29) is 22.9 Å². The van der Waals surface area contributed by atoms with Crippen LogP contribution in [0.15, 0.2) is 57.8 Å². The summed E-state index contributed by atoms with van der Waals surface area (Å²) in [5.41, 5.74) is 5.13. The summed E-state index contributed by atoms with van der Waals surface area (Å²) < 4.78 is 29.9. The average Bonchev–Trinajstić information content (AvgIpc) is 2.76. The highest BCUT2D eigenvalue weighted by molar-refractivity contribution is 7.90. The van der Waals surface area contributed by atoms with Crippen LogP contribution in [0.2, 0.25) is 24.7 Å². The number of hydrogen-bond acceptors (Lipinski definition) is 4. The first-order valence-electron chi connectivity index (χ1n) is 10.8. The lowest BCUT2D eigenvalue weighted by Gasteiger charge is -2.11. The quantitative estimate of drug-likeness (QED) is 0.220. The number of carbonyl (C=O) groups is 1. The summed E-state index contributed by atoms with van der Waals surface area (Å²) >= 11 is 6.17. The topological polar surface area (TPSA) is 91.7 Å². The zero-order valence-corrected chi connectivity index (χ0v) is 22.8. The number of aromatic nitrogens is 1. The number of amides is 1. The fraction of sp³-hybridized carbons (Fsp3) is 0.240. The minimum atomic E-state index is -4.07. The number of sulfonamides is 1. The predicted molar refractivity (Wildman–Crippen MR) is 145 cm³/mol. The van der Waals surface area contributed by atoms with E-state index in [0.29, 0.717) is 27.2 Å². The highest BCUT2D eigenvalue weighted by atomic mass is 35.5. The van der Waals surface area contributed by atoms with Gasteiger partial charge in [-0.05, 0) is 35.9 Å². The van der Waals surface area contributed by atoms with E-state index in [9.17, 15) is 13.2 Å². The van der Waals surface area contributed by atoms with Crippen molar-refractivity contribution >= 4 is 58.5 Å². The van der Waals surface area contributed by atoms with E-state index in [4.69, 9.17) is 11.6 Å². The first-order valence-corrected chi connectivity index (χ1v) is 16.1. The molecule has 3 aromatic rings. The molecule has 3 rings (SSSR count). The Kier molecular flexibility index (Phi) is 8.00. The van der Waals surface area contributed by atoms with Gasteiger partial charge in [0.1, 0.15) is 25.0 Å². The summed E-state index contributed by atoms with van der Waals surface area (Å²) in [7, 11) is -2.35. The Morgan fingerprint density at radius 1 is 1.17 bits per heavy atom. The molecule has 0 spiro atoms. The highest BCUT2D eigenvalue weighted by Crippen LogP contribution is 2.28. The molecule has 0 radical (unpaired) electrons. The molecule has 0 aliphatic rings. The number of nitrogens with zero attached hydrogens (tertiary/aromatic N) is 3. The van der Waals surface area contributed by atoms with Crippen molar-refractivity contribution in [1.29, 1.82) is 0 Å². The van der Waals surface area contributed by atoms with Gasteiger partial charge in [0.25, 0.3) is 10.0 Å². The first-order chi connectivity index (χ1) is 16.3. The van der Waals surface area contributed by atoms with E-state index in [0.717, 1.165) is 0 Å². The number of halogens is 1. The second-order valence-corrected chi connectivity index (χ2v) is 16.0. The van der Waals surface area contributed by atoms with E-state index in [1.165, 1.54) is 17.3 Å². The molecule has 0 unspecified atom stereocenters. The molecule has 1 aromatic heterocycles. The number of rotatable bonds is 6. The molecule has 0 aliphatic heterocycles. The SMILES string of the molecule is CN(C)C=NS(=O)(=O)c1cc(NC(=O)Cc2ccccc2Cl)cc2nc(C#C[Si](C)(C)C)ccc12. The van der Waals surface area contributed by atoms with Crippen LogP contribution in [0, 0.1) is 11.5 Å². The number of fused-ring (bicyclic) bond motifs is 1. The summed E-state index contributed by atoms with van der Waals surface area (Å²) in [6.45, 7) is 6.38. The molecule has 0 bridgehead atoms. The van der Waals surface area contributed by atoms with Crippen LogP contribution in [0.3, 0.4) is 0 Å². The molecule has 0 atom stereocenters. The summed E-state index contributed by atoms with van der Waals surface area (Å²) in [5, 5.41) is 3.64. The van der Waals surface area contributed by atoms with Gasteiger partial charge >= 0.3 is 0 Å². The Labute approximate surface area is 212 Å². The molecule has 1 heterocycles. The lowest BCUT2D eigenvalue weighted by Crippen LogP contribution is -2.16. The highest BCUT2D eigenvalue weighted by Gasteiger charge is 2.20. The van der Waals surface area contributed by atoms with Gasteiger partial charge in [-0.25, -0.2) is 4.98 Å². The van der Waals surface area contributed by atoms with Crippen molar-refractivity contribution in [2.75, 3.05) is 19.4 Å². The molecule has 0 saturated carbocycles. The molecular weight excluding hydrogens is 500 g/mol. The normalized spacial score (nSPS) is 11.8. The van der Waals surface area contributed by atoms with Crippen LogP contribution < -0.4 is 5.32 Å². The number of benzene rings is 2. The second-order valence-electron chi connectivity index (χ2n) is 9.21. The van der Waals surface area contributed by atoms with Gasteiger partial charge < -0.3 is 10.2 Å². The maximum Gasteiger partial charge on any atom is 0.284 e. The first kappa shape index (κ1) is 26.4. The summed E-state index contributed by atoms with van der Waals surface area (Å²) in [6, 6.07) is 13.4. The molecule has 0 saturated heterocycles.